The van der Waals surface area contributed by atoms with Crippen LogP contribution in [0.25, 0.3) is 0 Å². The molecular weight excluding hydrogens is 176 g/mol. The monoisotopic (exact) mass is 188 g/mol. The van der Waals surface area contributed by atoms with Gasteiger partial charge in [-0.05, 0) is 30.4 Å². The number of pyridine rings is 1. The highest BCUT2D eigenvalue weighted by Gasteiger charge is 2.20. The van der Waals surface area contributed by atoms with Crippen LogP contribution < -0.4 is 5.56 Å². The normalized spacial score (nSPS) is 16.8. The second-order valence-corrected chi connectivity index (χ2v) is 3.73. The largest absolute Gasteiger partial charge is 0.328 e. The van der Waals surface area contributed by atoms with E-state index in [0.29, 0.717) is 11.5 Å². The molecule has 1 aromatic heterocycles. The molecule has 1 saturated carbocycles. The zero-order chi connectivity index (χ0) is 9.97. The molecule has 3 heteroatoms. The summed E-state index contributed by atoms with van der Waals surface area (Å²) in [5.74, 6) is 0.423. The predicted octanol–water partition coefficient (Wildman–Crippen LogP) is 1.90. The molecule has 0 aromatic carbocycles. The minimum Gasteiger partial charge on any atom is -0.328 e. The van der Waals surface area contributed by atoms with Crippen molar-refractivity contribution in [3.05, 3.63) is 33.7 Å². The molecule has 0 unspecified atom stereocenters. The number of hydrogen-bond acceptors (Lipinski definition) is 2. The smallest absolute Gasteiger partial charge is 0.266 e. The van der Waals surface area contributed by atoms with E-state index in [1.54, 1.807) is 6.20 Å². The van der Waals surface area contributed by atoms with Gasteiger partial charge in [0.15, 0.2) is 0 Å². The summed E-state index contributed by atoms with van der Waals surface area (Å²) < 4.78 is 0. The predicted molar refractivity (Wildman–Crippen MR) is 53.0 cm³/mol. The van der Waals surface area contributed by atoms with Gasteiger partial charge in [-0.1, -0.05) is 12.8 Å². The van der Waals surface area contributed by atoms with Crippen LogP contribution in [-0.4, -0.2) is 4.98 Å². The van der Waals surface area contributed by atoms with Gasteiger partial charge < -0.3 is 4.98 Å². The Morgan fingerprint density at radius 1 is 1.43 bits per heavy atom. The molecule has 0 atom stereocenters. The Morgan fingerprint density at radius 3 is 2.79 bits per heavy atom. The number of nitrogens with one attached hydrogen (secondary N) is 1. The van der Waals surface area contributed by atoms with E-state index in [1.807, 2.05) is 12.1 Å². The Morgan fingerprint density at radius 2 is 2.14 bits per heavy atom. The van der Waals surface area contributed by atoms with Crippen molar-refractivity contribution in [1.82, 2.24) is 4.98 Å². The molecule has 0 radical (unpaired) electrons. The van der Waals surface area contributed by atoms with E-state index in [2.05, 4.69) is 4.98 Å². The maximum absolute atomic E-state index is 11.3. The van der Waals surface area contributed by atoms with E-state index in [-0.39, 0.29) is 5.56 Å². The van der Waals surface area contributed by atoms with Crippen LogP contribution in [0.1, 0.15) is 42.7 Å². The summed E-state index contributed by atoms with van der Waals surface area (Å²) >= 11 is 0. The molecule has 72 valence electrons. The number of H-pyrrole nitrogens is 1. The summed E-state index contributed by atoms with van der Waals surface area (Å²) in [4.78, 5) is 13.9. The molecule has 1 heterocycles. The molecule has 1 fully saturated rings. The number of nitrogens with zero attached hydrogens (tertiary/aromatic N) is 1. The average molecular weight is 188 g/mol. The molecular formula is C11H12N2O. The van der Waals surface area contributed by atoms with Crippen molar-refractivity contribution in [2.45, 2.75) is 31.6 Å². The van der Waals surface area contributed by atoms with E-state index < -0.39 is 0 Å². The van der Waals surface area contributed by atoms with Crippen molar-refractivity contribution in [1.29, 1.82) is 5.26 Å². The van der Waals surface area contributed by atoms with E-state index >= 15 is 0 Å². The van der Waals surface area contributed by atoms with Gasteiger partial charge in [0.05, 0.1) is 0 Å². The summed E-state index contributed by atoms with van der Waals surface area (Å²) in [6.07, 6.45) is 6.28. The van der Waals surface area contributed by atoms with Gasteiger partial charge in [-0.2, -0.15) is 5.26 Å². The number of aromatic amines is 1. The molecule has 0 spiro atoms. The molecule has 14 heavy (non-hydrogen) atoms. The first-order valence-electron chi connectivity index (χ1n) is 4.94. The van der Waals surface area contributed by atoms with Gasteiger partial charge in [-0.15, -0.1) is 0 Å². The summed E-state index contributed by atoms with van der Waals surface area (Å²) in [6, 6.07) is 3.87. The fourth-order valence-electron chi connectivity index (χ4n) is 2.19. The van der Waals surface area contributed by atoms with Crippen LogP contribution in [0, 0.1) is 11.3 Å². The molecule has 0 amide bonds. The SMILES string of the molecule is N#Cc1c(C2CCCC2)cc[nH]c1=O. The third kappa shape index (κ3) is 1.44. The number of aromatic nitrogens is 1. The quantitative estimate of drug-likeness (QED) is 0.731. The minimum absolute atomic E-state index is 0.253. The Labute approximate surface area is 82.4 Å². The van der Waals surface area contributed by atoms with Crippen molar-refractivity contribution in [3.8, 4) is 6.07 Å². The Kier molecular flexibility index (Phi) is 2.36. The first-order valence-corrected chi connectivity index (χ1v) is 4.94. The molecule has 3 nitrogen and oxygen atoms in total. The lowest BCUT2D eigenvalue weighted by Crippen LogP contribution is -2.13. The molecule has 2 rings (SSSR count). The van der Waals surface area contributed by atoms with Crippen molar-refractivity contribution < 1.29 is 0 Å². The van der Waals surface area contributed by atoms with Gasteiger partial charge in [0.1, 0.15) is 11.6 Å². The zero-order valence-electron chi connectivity index (χ0n) is 7.92. The second kappa shape index (κ2) is 3.67. The highest BCUT2D eigenvalue weighted by atomic mass is 16.1. The topological polar surface area (TPSA) is 56.6 Å². The summed E-state index contributed by atoms with van der Waals surface area (Å²) in [7, 11) is 0. The Balaban J connectivity index is 2.47. The third-order valence-electron chi connectivity index (χ3n) is 2.90. The van der Waals surface area contributed by atoms with Crippen LogP contribution in [0.4, 0.5) is 0 Å². The van der Waals surface area contributed by atoms with Crippen molar-refractivity contribution in [3.63, 3.8) is 0 Å². The molecule has 1 aromatic rings. The highest BCUT2D eigenvalue weighted by Crippen LogP contribution is 2.34. The maximum atomic E-state index is 11.3. The first-order chi connectivity index (χ1) is 6.83. The van der Waals surface area contributed by atoms with Crippen LogP contribution in [0.15, 0.2) is 17.1 Å². The van der Waals surface area contributed by atoms with Crippen molar-refractivity contribution >= 4 is 0 Å². The lowest BCUT2D eigenvalue weighted by molar-refractivity contribution is 0.718. The molecule has 1 aliphatic carbocycles. The van der Waals surface area contributed by atoms with E-state index in [4.69, 9.17) is 5.26 Å². The van der Waals surface area contributed by atoms with Crippen LogP contribution in [-0.2, 0) is 0 Å². The number of nitriles is 1. The Bertz CT molecular complexity index is 422. The van der Waals surface area contributed by atoms with E-state index in [1.165, 1.54) is 12.8 Å². The van der Waals surface area contributed by atoms with Gasteiger partial charge in [0, 0.05) is 6.20 Å². The standard InChI is InChI=1S/C11H12N2O/c12-7-10-9(5-6-13-11(10)14)8-3-1-2-4-8/h5-6,8H,1-4H2,(H,13,14). The van der Waals surface area contributed by atoms with Gasteiger partial charge in [0.25, 0.3) is 5.56 Å². The summed E-state index contributed by atoms with van der Waals surface area (Å²) in [6.45, 7) is 0. The van der Waals surface area contributed by atoms with Gasteiger partial charge >= 0.3 is 0 Å². The second-order valence-electron chi connectivity index (χ2n) is 3.73. The number of rotatable bonds is 1. The minimum atomic E-state index is -0.253. The highest BCUT2D eigenvalue weighted by molar-refractivity contribution is 5.37. The maximum Gasteiger partial charge on any atom is 0.266 e. The van der Waals surface area contributed by atoms with Crippen molar-refractivity contribution in [2.75, 3.05) is 0 Å². The fourth-order valence-corrected chi connectivity index (χ4v) is 2.19. The molecule has 0 saturated heterocycles. The molecule has 0 bridgehead atoms. The number of hydrogen-bond donors (Lipinski definition) is 1. The summed E-state index contributed by atoms with van der Waals surface area (Å²) in [5.41, 5.74) is 0.991. The lowest BCUT2D eigenvalue weighted by atomic mass is 9.95. The van der Waals surface area contributed by atoms with E-state index in [9.17, 15) is 4.79 Å². The zero-order valence-corrected chi connectivity index (χ0v) is 7.92. The van der Waals surface area contributed by atoms with Crippen LogP contribution in [0.2, 0.25) is 0 Å². The Hall–Kier alpha value is -1.56. The average Bonchev–Trinajstić information content (AvgIpc) is 2.70. The van der Waals surface area contributed by atoms with Crippen LogP contribution >= 0.6 is 0 Å². The molecule has 1 aliphatic rings. The van der Waals surface area contributed by atoms with Gasteiger partial charge in [-0.25, -0.2) is 0 Å². The molecule has 0 aliphatic heterocycles. The fraction of sp³-hybridized carbons (Fsp3) is 0.455. The van der Waals surface area contributed by atoms with Gasteiger partial charge in [-0.3, -0.25) is 4.79 Å². The summed E-state index contributed by atoms with van der Waals surface area (Å²) in [5, 5.41) is 8.89. The van der Waals surface area contributed by atoms with Crippen LogP contribution in [0.5, 0.6) is 0 Å². The molecule has 1 N–H and O–H groups in total. The van der Waals surface area contributed by atoms with Gasteiger partial charge in [0.2, 0.25) is 0 Å². The van der Waals surface area contributed by atoms with Crippen LogP contribution in [0.3, 0.4) is 0 Å². The first kappa shape index (κ1) is 9.01. The lowest BCUT2D eigenvalue weighted by Gasteiger charge is -2.09. The van der Waals surface area contributed by atoms with E-state index in [0.717, 1.165) is 18.4 Å². The third-order valence-corrected chi connectivity index (χ3v) is 2.90. The van der Waals surface area contributed by atoms with Crippen molar-refractivity contribution in [2.24, 2.45) is 0 Å².